The van der Waals surface area contributed by atoms with Crippen molar-refractivity contribution in [2.45, 2.75) is 65.2 Å². The van der Waals surface area contributed by atoms with Gasteiger partial charge in [0.2, 0.25) is 0 Å². The predicted molar refractivity (Wildman–Crippen MR) is 98.1 cm³/mol. The van der Waals surface area contributed by atoms with Crippen LogP contribution in [-0.4, -0.2) is 0 Å². The third-order valence-corrected chi connectivity index (χ3v) is 4.77. The van der Waals surface area contributed by atoms with E-state index < -0.39 is 34.6 Å². The molecule has 0 spiro atoms. The van der Waals surface area contributed by atoms with Crippen molar-refractivity contribution < 1.29 is 22.0 Å². The highest BCUT2D eigenvalue weighted by molar-refractivity contribution is 5.65. The third-order valence-electron chi connectivity index (χ3n) is 4.77. The summed E-state index contributed by atoms with van der Waals surface area (Å²) in [6, 6.07) is 2.71. The molecule has 148 valence electrons. The molecular weight excluding hydrogens is 359 g/mol. The summed E-state index contributed by atoms with van der Waals surface area (Å²) < 4.78 is 71.7. The standard InChI is InChI=1S/C22H25F5/c1-3-5-7-9-15-18(23)11-14(12-19(15)24)17-13-20(25)16(10-8-6-4-2)21(26)22(17)27/h11-13H,3-10H2,1-2H3. The summed E-state index contributed by atoms with van der Waals surface area (Å²) in [7, 11) is 0. The van der Waals surface area contributed by atoms with Crippen LogP contribution in [0.5, 0.6) is 0 Å². The van der Waals surface area contributed by atoms with Crippen molar-refractivity contribution in [1.82, 2.24) is 0 Å². The van der Waals surface area contributed by atoms with E-state index in [0.717, 1.165) is 43.9 Å². The van der Waals surface area contributed by atoms with Crippen molar-refractivity contribution in [3.63, 3.8) is 0 Å². The fourth-order valence-corrected chi connectivity index (χ4v) is 3.17. The normalized spacial score (nSPS) is 11.2. The van der Waals surface area contributed by atoms with Crippen molar-refractivity contribution in [2.24, 2.45) is 0 Å². The van der Waals surface area contributed by atoms with Gasteiger partial charge < -0.3 is 0 Å². The van der Waals surface area contributed by atoms with Crippen LogP contribution in [0.15, 0.2) is 18.2 Å². The van der Waals surface area contributed by atoms with E-state index in [1.54, 1.807) is 0 Å². The molecule has 0 N–H and O–H groups in total. The molecule has 0 unspecified atom stereocenters. The Hall–Kier alpha value is -1.91. The van der Waals surface area contributed by atoms with Crippen LogP contribution in [0.1, 0.15) is 63.5 Å². The highest BCUT2D eigenvalue weighted by Gasteiger charge is 2.21. The highest BCUT2D eigenvalue weighted by Crippen LogP contribution is 2.32. The lowest BCUT2D eigenvalue weighted by Gasteiger charge is -2.12. The maximum Gasteiger partial charge on any atom is 0.167 e. The van der Waals surface area contributed by atoms with Gasteiger partial charge in [0.25, 0.3) is 0 Å². The Bertz CT molecular complexity index is 760. The van der Waals surface area contributed by atoms with E-state index in [9.17, 15) is 22.0 Å². The third kappa shape index (κ3) is 5.08. The van der Waals surface area contributed by atoms with Gasteiger partial charge in [-0.1, -0.05) is 39.5 Å². The highest BCUT2D eigenvalue weighted by atomic mass is 19.2. The monoisotopic (exact) mass is 384 g/mol. The molecule has 0 aromatic heterocycles. The summed E-state index contributed by atoms with van der Waals surface area (Å²) in [6.07, 6.45) is 4.88. The number of hydrogen-bond acceptors (Lipinski definition) is 0. The second-order valence-corrected chi connectivity index (χ2v) is 6.85. The lowest BCUT2D eigenvalue weighted by molar-refractivity contribution is 0.478. The zero-order valence-electron chi connectivity index (χ0n) is 15.8. The SMILES string of the molecule is CCCCCc1c(F)cc(-c2cc(F)c(CCCCC)c(F)c2F)cc1F. The fraction of sp³-hybridized carbons (Fsp3) is 0.455. The van der Waals surface area contributed by atoms with Crippen LogP contribution in [0.25, 0.3) is 11.1 Å². The molecule has 0 atom stereocenters. The average molecular weight is 384 g/mol. The van der Waals surface area contributed by atoms with Crippen LogP contribution in [-0.2, 0) is 12.8 Å². The molecule has 0 heterocycles. The maximum atomic E-state index is 14.5. The van der Waals surface area contributed by atoms with Crippen LogP contribution < -0.4 is 0 Å². The summed E-state index contributed by atoms with van der Waals surface area (Å²) in [5.74, 6) is -5.11. The van der Waals surface area contributed by atoms with E-state index in [1.807, 2.05) is 13.8 Å². The Morgan fingerprint density at radius 2 is 1.07 bits per heavy atom. The van der Waals surface area contributed by atoms with Gasteiger partial charge in [-0.2, -0.15) is 0 Å². The second-order valence-electron chi connectivity index (χ2n) is 6.85. The molecule has 0 aliphatic heterocycles. The molecule has 0 aliphatic rings. The summed E-state index contributed by atoms with van der Waals surface area (Å²) in [4.78, 5) is 0. The van der Waals surface area contributed by atoms with Crippen LogP contribution in [0.3, 0.4) is 0 Å². The summed E-state index contributed by atoms with van der Waals surface area (Å²) >= 11 is 0. The molecule has 0 aliphatic carbocycles. The van der Waals surface area contributed by atoms with Gasteiger partial charge in [-0.05, 0) is 49.4 Å². The summed E-state index contributed by atoms with van der Waals surface area (Å²) in [5, 5.41) is 0. The van der Waals surface area contributed by atoms with Gasteiger partial charge >= 0.3 is 0 Å². The van der Waals surface area contributed by atoms with E-state index >= 15 is 0 Å². The van der Waals surface area contributed by atoms with Crippen molar-refractivity contribution in [1.29, 1.82) is 0 Å². The van der Waals surface area contributed by atoms with Crippen molar-refractivity contribution in [3.05, 3.63) is 58.4 Å². The Morgan fingerprint density at radius 3 is 1.59 bits per heavy atom. The quantitative estimate of drug-likeness (QED) is 0.238. The number of unbranched alkanes of at least 4 members (excludes halogenated alkanes) is 4. The zero-order valence-corrected chi connectivity index (χ0v) is 15.8. The van der Waals surface area contributed by atoms with E-state index in [0.29, 0.717) is 12.8 Å². The smallest absolute Gasteiger partial charge is 0.167 e. The Balaban J connectivity index is 2.38. The number of benzene rings is 2. The Labute approximate surface area is 157 Å². The molecule has 2 aromatic rings. The first-order valence-corrected chi connectivity index (χ1v) is 9.55. The van der Waals surface area contributed by atoms with E-state index in [4.69, 9.17) is 0 Å². The van der Waals surface area contributed by atoms with Crippen LogP contribution >= 0.6 is 0 Å². The van der Waals surface area contributed by atoms with Gasteiger partial charge in [-0.15, -0.1) is 0 Å². The van der Waals surface area contributed by atoms with Crippen molar-refractivity contribution in [3.8, 4) is 11.1 Å². The first-order chi connectivity index (χ1) is 12.9. The van der Waals surface area contributed by atoms with Crippen molar-refractivity contribution >= 4 is 0 Å². The molecule has 2 rings (SSSR count). The topological polar surface area (TPSA) is 0 Å². The van der Waals surface area contributed by atoms with Crippen LogP contribution in [0, 0.1) is 29.1 Å². The average Bonchev–Trinajstić information content (AvgIpc) is 2.63. The molecule has 0 nitrogen and oxygen atoms in total. The maximum absolute atomic E-state index is 14.5. The molecule has 5 heteroatoms. The van der Waals surface area contributed by atoms with Gasteiger partial charge in [-0.3, -0.25) is 0 Å². The molecule has 0 saturated heterocycles. The minimum atomic E-state index is -1.28. The predicted octanol–water partition coefficient (Wildman–Crippen LogP) is 7.51. The largest absolute Gasteiger partial charge is 0.207 e. The van der Waals surface area contributed by atoms with E-state index in [1.165, 1.54) is 0 Å². The van der Waals surface area contributed by atoms with Gasteiger partial charge in [0.05, 0.1) is 0 Å². The van der Waals surface area contributed by atoms with Crippen molar-refractivity contribution in [2.75, 3.05) is 0 Å². The minimum Gasteiger partial charge on any atom is -0.207 e. The van der Waals surface area contributed by atoms with Gasteiger partial charge in [0.15, 0.2) is 11.6 Å². The van der Waals surface area contributed by atoms with Crippen LogP contribution in [0.2, 0.25) is 0 Å². The minimum absolute atomic E-state index is 0.0789. The molecule has 0 radical (unpaired) electrons. The van der Waals surface area contributed by atoms with Gasteiger partial charge in [0.1, 0.15) is 17.5 Å². The number of rotatable bonds is 9. The summed E-state index contributed by atoms with van der Waals surface area (Å²) in [6.45, 7) is 3.93. The number of hydrogen-bond donors (Lipinski definition) is 0. The Kier molecular flexibility index (Phi) is 7.81. The molecule has 0 saturated carbocycles. The van der Waals surface area contributed by atoms with Crippen LogP contribution in [0.4, 0.5) is 22.0 Å². The fourth-order valence-electron chi connectivity index (χ4n) is 3.17. The first kappa shape index (κ1) is 21.4. The molecule has 2 aromatic carbocycles. The molecule has 0 bridgehead atoms. The zero-order chi connectivity index (χ0) is 20.0. The molecule has 27 heavy (non-hydrogen) atoms. The second kappa shape index (κ2) is 9.86. The molecule has 0 fully saturated rings. The Morgan fingerprint density at radius 1 is 0.593 bits per heavy atom. The summed E-state index contributed by atoms with van der Waals surface area (Å²) in [5.41, 5.74) is -1.08. The molecular formula is C22H25F5. The first-order valence-electron chi connectivity index (χ1n) is 9.55. The van der Waals surface area contributed by atoms with E-state index in [2.05, 4.69) is 0 Å². The van der Waals surface area contributed by atoms with E-state index in [-0.39, 0.29) is 29.5 Å². The van der Waals surface area contributed by atoms with Gasteiger partial charge in [-0.25, -0.2) is 22.0 Å². The lowest BCUT2D eigenvalue weighted by Crippen LogP contribution is -2.03. The number of halogens is 5. The molecule has 0 amide bonds. The lowest BCUT2D eigenvalue weighted by atomic mass is 9.96. The van der Waals surface area contributed by atoms with Gasteiger partial charge in [0, 0.05) is 16.7 Å².